The van der Waals surface area contributed by atoms with Crippen molar-refractivity contribution < 1.29 is 9.21 Å². The summed E-state index contributed by atoms with van der Waals surface area (Å²) in [5.41, 5.74) is 7.12. The second-order valence-corrected chi connectivity index (χ2v) is 5.89. The molecule has 1 aromatic heterocycles. The molecule has 2 aromatic rings. The Labute approximate surface area is 115 Å². The largest absolute Gasteiger partial charge is 0.451 e. The highest BCUT2D eigenvalue weighted by Gasteiger charge is 2.20. The van der Waals surface area contributed by atoms with Gasteiger partial charge in [-0.15, -0.1) is 0 Å². The topological polar surface area (TPSA) is 59.5 Å². The number of nitrogens with two attached hydrogens (primary N) is 1. The van der Waals surface area contributed by atoms with E-state index in [9.17, 15) is 4.79 Å². The van der Waals surface area contributed by atoms with Gasteiger partial charge in [0, 0.05) is 29.9 Å². The Morgan fingerprint density at radius 3 is 3.05 bits per heavy atom. The average Bonchev–Trinajstić information content (AvgIpc) is 2.64. The Bertz CT molecular complexity index is 601. The summed E-state index contributed by atoms with van der Waals surface area (Å²) in [4.78, 5) is 14.3. The molecule has 0 atom stereocenters. The lowest BCUT2D eigenvalue weighted by molar-refractivity contribution is 0.0739. The summed E-state index contributed by atoms with van der Waals surface area (Å²) in [6.07, 6.45) is 1.05. The molecule has 0 bridgehead atoms. The summed E-state index contributed by atoms with van der Waals surface area (Å²) >= 11 is 1.90. The molecule has 1 amide bonds. The maximum Gasteiger partial charge on any atom is 0.289 e. The predicted octanol–water partition coefficient (Wildman–Crippen LogP) is 2.59. The number of amides is 1. The van der Waals surface area contributed by atoms with Gasteiger partial charge in [0.05, 0.1) is 0 Å². The minimum Gasteiger partial charge on any atom is -0.451 e. The molecular formula is C14H16N2O2S. The number of hydrogen-bond donors (Lipinski definition) is 1. The van der Waals surface area contributed by atoms with Gasteiger partial charge in [-0.25, -0.2) is 0 Å². The first-order valence-corrected chi connectivity index (χ1v) is 7.55. The third-order valence-corrected chi connectivity index (χ3v) is 4.31. The normalized spacial score (nSPS) is 16.5. The molecule has 0 unspecified atom stereocenters. The molecule has 0 aliphatic carbocycles. The molecular weight excluding hydrogens is 260 g/mol. The number of carbonyl (C=O) groups is 1. The highest BCUT2D eigenvalue weighted by molar-refractivity contribution is 7.99. The molecule has 0 radical (unpaired) electrons. The monoisotopic (exact) mass is 276 g/mol. The standard InChI is InChI=1S/C14H16N2O2S/c15-11-2-3-12-10(8-11)9-13(18-12)14(17)16-4-1-6-19-7-5-16/h2-3,8-9H,1,4-7,15H2. The van der Waals surface area contributed by atoms with Crippen LogP contribution in [0.2, 0.25) is 0 Å². The minimum atomic E-state index is -0.0164. The Kier molecular flexibility index (Phi) is 3.38. The third kappa shape index (κ3) is 2.56. The van der Waals surface area contributed by atoms with E-state index in [1.807, 2.05) is 22.7 Å². The van der Waals surface area contributed by atoms with Crippen LogP contribution >= 0.6 is 11.8 Å². The summed E-state index contributed by atoms with van der Waals surface area (Å²) in [6, 6.07) is 7.20. The fraction of sp³-hybridized carbons (Fsp3) is 0.357. The minimum absolute atomic E-state index is 0.0164. The van der Waals surface area contributed by atoms with Crippen molar-refractivity contribution in [1.29, 1.82) is 0 Å². The van der Waals surface area contributed by atoms with Gasteiger partial charge in [0.1, 0.15) is 5.58 Å². The number of nitrogens with zero attached hydrogens (tertiary/aromatic N) is 1. The fourth-order valence-electron chi connectivity index (χ4n) is 2.27. The smallest absolute Gasteiger partial charge is 0.289 e. The molecule has 1 aromatic carbocycles. The average molecular weight is 276 g/mol. The third-order valence-electron chi connectivity index (χ3n) is 3.26. The number of nitrogen functional groups attached to an aromatic ring is 1. The van der Waals surface area contributed by atoms with Crippen LogP contribution in [0.25, 0.3) is 11.0 Å². The highest BCUT2D eigenvalue weighted by atomic mass is 32.2. The molecule has 1 aliphatic rings. The number of benzene rings is 1. The Morgan fingerprint density at radius 2 is 2.16 bits per heavy atom. The van der Waals surface area contributed by atoms with Gasteiger partial charge in [-0.1, -0.05) is 0 Å². The van der Waals surface area contributed by atoms with E-state index >= 15 is 0 Å². The van der Waals surface area contributed by atoms with Crippen molar-refractivity contribution in [1.82, 2.24) is 4.90 Å². The second kappa shape index (κ2) is 5.17. The second-order valence-electron chi connectivity index (χ2n) is 4.67. The molecule has 2 N–H and O–H groups in total. The maximum absolute atomic E-state index is 12.4. The van der Waals surface area contributed by atoms with Crippen LogP contribution in [-0.4, -0.2) is 35.4 Å². The lowest BCUT2D eigenvalue weighted by atomic mass is 10.2. The zero-order chi connectivity index (χ0) is 13.2. The summed E-state index contributed by atoms with van der Waals surface area (Å²) < 4.78 is 5.63. The van der Waals surface area contributed by atoms with Crippen LogP contribution in [0, 0.1) is 0 Å². The zero-order valence-electron chi connectivity index (χ0n) is 10.6. The Morgan fingerprint density at radius 1 is 1.26 bits per heavy atom. The number of rotatable bonds is 1. The van der Waals surface area contributed by atoms with Crippen molar-refractivity contribution in [2.24, 2.45) is 0 Å². The van der Waals surface area contributed by atoms with Gasteiger partial charge in [0.2, 0.25) is 0 Å². The quantitative estimate of drug-likeness (QED) is 0.813. The van der Waals surface area contributed by atoms with Crippen molar-refractivity contribution in [2.75, 3.05) is 30.3 Å². The highest BCUT2D eigenvalue weighted by Crippen LogP contribution is 2.23. The molecule has 0 saturated carbocycles. The lowest BCUT2D eigenvalue weighted by Crippen LogP contribution is -2.32. The van der Waals surface area contributed by atoms with Crippen LogP contribution in [0.15, 0.2) is 28.7 Å². The number of thioether (sulfide) groups is 1. The lowest BCUT2D eigenvalue weighted by Gasteiger charge is -2.18. The van der Waals surface area contributed by atoms with Gasteiger partial charge in [-0.3, -0.25) is 4.79 Å². The first kappa shape index (κ1) is 12.4. The number of fused-ring (bicyclic) bond motifs is 1. The molecule has 19 heavy (non-hydrogen) atoms. The summed E-state index contributed by atoms with van der Waals surface area (Å²) in [5, 5.41) is 0.882. The van der Waals surface area contributed by atoms with E-state index in [1.165, 1.54) is 0 Å². The van der Waals surface area contributed by atoms with Crippen LogP contribution < -0.4 is 5.73 Å². The summed E-state index contributed by atoms with van der Waals surface area (Å²) in [7, 11) is 0. The van der Waals surface area contributed by atoms with E-state index in [1.54, 1.807) is 18.2 Å². The van der Waals surface area contributed by atoms with Gasteiger partial charge in [0.25, 0.3) is 5.91 Å². The van der Waals surface area contributed by atoms with Crippen LogP contribution in [0.3, 0.4) is 0 Å². The van der Waals surface area contributed by atoms with Gasteiger partial charge in [-0.2, -0.15) is 11.8 Å². The van der Waals surface area contributed by atoms with Gasteiger partial charge in [0.15, 0.2) is 5.76 Å². The summed E-state index contributed by atoms with van der Waals surface area (Å²) in [6.45, 7) is 1.60. The van der Waals surface area contributed by atoms with E-state index in [0.29, 0.717) is 17.0 Å². The van der Waals surface area contributed by atoms with E-state index < -0.39 is 0 Å². The van der Waals surface area contributed by atoms with Crippen LogP contribution in [0.5, 0.6) is 0 Å². The zero-order valence-corrected chi connectivity index (χ0v) is 11.4. The van der Waals surface area contributed by atoms with Crippen LogP contribution in [0.1, 0.15) is 17.0 Å². The van der Waals surface area contributed by atoms with Crippen LogP contribution in [-0.2, 0) is 0 Å². The van der Waals surface area contributed by atoms with E-state index in [0.717, 1.165) is 36.4 Å². The van der Waals surface area contributed by atoms with Crippen molar-refractivity contribution >= 4 is 34.3 Å². The molecule has 1 aliphatic heterocycles. The Balaban J connectivity index is 1.88. The SMILES string of the molecule is Nc1ccc2oc(C(=O)N3CCCSCC3)cc2c1. The fourth-order valence-corrected chi connectivity index (χ4v) is 3.16. The first-order chi connectivity index (χ1) is 9.24. The molecule has 3 rings (SSSR count). The van der Waals surface area contributed by atoms with E-state index in [2.05, 4.69) is 0 Å². The van der Waals surface area contributed by atoms with E-state index in [4.69, 9.17) is 10.2 Å². The molecule has 100 valence electrons. The van der Waals surface area contributed by atoms with E-state index in [-0.39, 0.29) is 5.91 Å². The van der Waals surface area contributed by atoms with Gasteiger partial charge >= 0.3 is 0 Å². The van der Waals surface area contributed by atoms with Crippen molar-refractivity contribution in [3.05, 3.63) is 30.0 Å². The molecule has 5 heteroatoms. The van der Waals surface area contributed by atoms with Crippen molar-refractivity contribution in [3.63, 3.8) is 0 Å². The van der Waals surface area contributed by atoms with Crippen molar-refractivity contribution in [2.45, 2.75) is 6.42 Å². The molecule has 1 fully saturated rings. The number of anilines is 1. The number of hydrogen-bond acceptors (Lipinski definition) is 4. The maximum atomic E-state index is 12.4. The number of carbonyl (C=O) groups excluding carboxylic acids is 1. The Hall–Kier alpha value is -1.62. The molecule has 2 heterocycles. The molecule has 0 spiro atoms. The van der Waals surface area contributed by atoms with Gasteiger partial charge in [-0.05, 0) is 36.4 Å². The van der Waals surface area contributed by atoms with Crippen molar-refractivity contribution in [3.8, 4) is 0 Å². The molecule has 1 saturated heterocycles. The van der Waals surface area contributed by atoms with Crippen LogP contribution in [0.4, 0.5) is 5.69 Å². The predicted molar refractivity (Wildman–Crippen MR) is 78.5 cm³/mol. The van der Waals surface area contributed by atoms with Gasteiger partial charge < -0.3 is 15.1 Å². The molecule has 4 nitrogen and oxygen atoms in total. The number of furan rings is 1. The summed E-state index contributed by atoms with van der Waals surface area (Å²) in [5.74, 6) is 2.52. The first-order valence-electron chi connectivity index (χ1n) is 6.40.